The molecule has 0 saturated heterocycles. The summed E-state index contributed by atoms with van der Waals surface area (Å²) in [5.74, 6) is 0.142. The lowest BCUT2D eigenvalue weighted by Gasteiger charge is -2.27. The molecule has 0 bridgehead atoms. The number of ketones is 1. The van der Waals surface area contributed by atoms with Gasteiger partial charge < -0.3 is 19.5 Å². The number of Topliss-reactive ketones (excluding diaryl/α,β-unsaturated/α-hetero) is 1. The molecule has 3 aromatic carbocycles. The molecule has 6 nitrogen and oxygen atoms in total. The maximum absolute atomic E-state index is 13.4. The fourth-order valence-corrected chi connectivity index (χ4v) is 4.33. The zero-order valence-corrected chi connectivity index (χ0v) is 19.9. The minimum atomic E-state index is -0.691. The Bertz CT molecular complexity index is 1200. The van der Waals surface area contributed by atoms with Gasteiger partial charge in [-0.2, -0.15) is 0 Å². The van der Waals surface area contributed by atoms with Crippen molar-refractivity contribution in [2.75, 3.05) is 13.7 Å². The molecule has 0 saturated carbocycles. The first-order valence-corrected chi connectivity index (χ1v) is 11.7. The van der Waals surface area contributed by atoms with Crippen molar-refractivity contribution in [2.24, 2.45) is 0 Å². The number of aliphatic hydroxyl groups is 1. The van der Waals surface area contributed by atoms with Crippen LogP contribution in [0.5, 0.6) is 11.5 Å². The zero-order valence-electron chi connectivity index (χ0n) is 19.9. The summed E-state index contributed by atoms with van der Waals surface area (Å²) in [5, 5.41) is 10.8. The van der Waals surface area contributed by atoms with Crippen LogP contribution in [0.1, 0.15) is 36.1 Å². The number of carbonyl (C=O) groups excluding carboxylic acids is 2. The van der Waals surface area contributed by atoms with Gasteiger partial charge in [0.15, 0.2) is 11.5 Å². The van der Waals surface area contributed by atoms with Crippen molar-refractivity contribution in [1.82, 2.24) is 4.90 Å². The van der Waals surface area contributed by atoms with E-state index in [0.717, 1.165) is 16.7 Å². The van der Waals surface area contributed by atoms with Crippen LogP contribution < -0.4 is 9.47 Å². The highest BCUT2D eigenvalue weighted by atomic mass is 16.5. The lowest BCUT2D eigenvalue weighted by Crippen LogP contribution is -2.30. The van der Waals surface area contributed by atoms with Gasteiger partial charge in [0.2, 0.25) is 0 Å². The number of ether oxygens (including phenoxy) is 2. The first-order chi connectivity index (χ1) is 17.0. The number of hydrogen-bond acceptors (Lipinski definition) is 5. The average Bonchev–Trinajstić information content (AvgIpc) is 3.14. The van der Waals surface area contributed by atoms with E-state index in [1.54, 1.807) is 12.0 Å². The van der Waals surface area contributed by atoms with E-state index in [9.17, 15) is 14.7 Å². The second kappa shape index (κ2) is 10.9. The molecule has 4 rings (SSSR count). The quantitative estimate of drug-likeness (QED) is 0.440. The summed E-state index contributed by atoms with van der Waals surface area (Å²) < 4.78 is 10.8. The lowest BCUT2D eigenvalue weighted by atomic mass is 9.93. The fourth-order valence-electron chi connectivity index (χ4n) is 4.33. The van der Waals surface area contributed by atoms with Crippen LogP contribution in [0.2, 0.25) is 0 Å². The molecular formula is C29H29NO5. The predicted octanol–water partition coefficient (Wildman–Crippen LogP) is 5.19. The van der Waals surface area contributed by atoms with Crippen LogP contribution in [-0.4, -0.2) is 35.4 Å². The van der Waals surface area contributed by atoms with E-state index < -0.39 is 17.7 Å². The van der Waals surface area contributed by atoms with Crippen LogP contribution in [0, 0.1) is 0 Å². The van der Waals surface area contributed by atoms with Crippen molar-refractivity contribution in [3.63, 3.8) is 0 Å². The van der Waals surface area contributed by atoms with E-state index >= 15 is 0 Å². The molecule has 0 radical (unpaired) electrons. The van der Waals surface area contributed by atoms with Gasteiger partial charge >= 0.3 is 0 Å². The van der Waals surface area contributed by atoms with E-state index in [0.29, 0.717) is 24.5 Å². The highest BCUT2D eigenvalue weighted by Gasteiger charge is 2.43. The molecule has 1 atom stereocenters. The molecule has 35 heavy (non-hydrogen) atoms. The Hall–Kier alpha value is -4.06. The molecule has 1 unspecified atom stereocenters. The van der Waals surface area contributed by atoms with E-state index in [1.165, 1.54) is 0 Å². The first-order valence-electron chi connectivity index (χ1n) is 11.7. The van der Waals surface area contributed by atoms with Gasteiger partial charge in [-0.05, 0) is 54.3 Å². The highest BCUT2D eigenvalue weighted by molar-refractivity contribution is 6.09. The van der Waals surface area contributed by atoms with Crippen molar-refractivity contribution < 1.29 is 24.2 Å². The number of hydrogen-bond donors (Lipinski definition) is 1. The normalized spacial score (nSPS) is 15.4. The van der Waals surface area contributed by atoms with E-state index in [2.05, 4.69) is 0 Å². The summed E-state index contributed by atoms with van der Waals surface area (Å²) in [5.41, 5.74) is 2.77. The Morgan fingerprint density at radius 3 is 2.20 bits per heavy atom. The largest absolute Gasteiger partial charge is 0.503 e. The third kappa shape index (κ3) is 5.38. The molecule has 3 aromatic rings. The monoisotopic (exact) mass is 471 g/mol. The third-order valence-corrected chi connectivity index (χ3v) is 6.11. The maximum atomic E-state index is 13.4. The van der Waals surface area contributed by atoms with Gasteiger partial charge in [0.05, 0.1) is 25.3 Å². The Morgan fingerprint density at radius 2 is 1.57 bits per heavy atom. The lowest BCUT2D eigenvalue weighted by molar-refractivity contribution is -0.130. The van der Waals surface area contributed by atoms with Crippen LogP contribution in [0.25, 0.3) is 0 Å². The van der Waals surface area contributed by atoms with Crippen molar-refractivity contribution >= 4 is 11.7 Å². The minimum Gasteiger partial charge on any atom is -0.503 e. The van der Waals surface area contributed by atoms with Crippen LogP contribution in [0.15, 0.2) is 90.2 Å². The molecule has 0 spiro atoms. The number of aryl methyl sites for hydroxylation is 1. The standard InChI is InChI=1S/C29H29NO5/c1-3-35-24-16-12-22(13-17-24)27-26(25(31)18-11-20-7-5-4-6-8-20)28(32)29(33)30(27)19-21-9-14-23(34-2)15-10-21/h4-10,12-17,27,32H,3,11,18-19H2,1-2H3. The molecule has 6 heteroatoms. The number of nitrogens with zero attached hydrogens (tertiary/aromatic N) is 1. The van der Waals surface area contributed by atoms with Gasteiger partial charge in [0.25, 0.3) is 5.91 Å². The second-order valence-electron chi connectivity index (χ2n) is 8.36. The van der Waals surface area contributed by atoms with Gasteiger partial charge in [-0.15, -0.1) is 0 Å². The highest BCUT2D eigenvalue weighted by Crippen LogP contribution is 2.40. The maximum Gasteiger partial charge on any atom is 0.290 e. The summed E-state index contributed by atoms with van der Waals surface area (Å²) in [6, 6.07) is 23.7. The Kier molecular flexibility index (Phi) is 7.51. The van der Waals surface area contributed by atoms with E-state index in [-0.39, 0.29) is 24.3 Å². The molecule has 0 fully saturated rings. The molecule has 0 aromatic heterocycles. The molecule has 1 N–H and O–H groups in total. The van der Waals surface area contributed by atoms with Gasteiger partial charge in [-0.3, -0.25) is 9.59 Å². The SMILES string of the molecule is CCOc1ccc(C2C(C(=O)CCc3ccccc3)=C(O)C(=O)N2Cc2ccc(OC)cc2)cc1. The summed E-state index contributed by atoms with van der Waals surface area (Å²) in [4.78, 5) is 28.1. The molecule has 0 aliphatic carbocycles. The average molecular weight is 472 g/mol. The predicted molar refractivity (Wildman–Crippen MR) is 133 cm³/mol. The summed E-state index contributed by atoms with van der Waals surface area (Å²) in [6.45, 7) is 2.68. The number of methoxy groups -OCH3 is 1. The molecular weight excluding hydrogens is 442 g/mol. The van der Waals surface area contributed by atoms with Crippen LogP contribution in [0.3, 0.4) is 0 Å². The third-order valence-electron chi connectivity index (χ3n) is 6.11. The number of amides is 1. The number of rotatable bonds is 10. The topological polar surface area (TPSA) is 76.1 Å². The van der Waals surface area contributed by atoms with Gasteiger partial charge in [0.1, 0.15) is 11.5 Å². The van der Waals surface area contributed by atoms with Gasteiger partial charge in [0, 0.05) is 13.0 Å². The number of aliphatic hydroxyl groups excluding tert-OH is 1. The smallest absolute Gasteiger partial charge is 0.290 e. The van der Waals surface area contributed by atoms with Crippen LogP contribution >= 0.6 is 0 Å². The Balaban J connectivity index is 1.65. The van der Waals surface area contributed by atoms with Crippen molar-refractivity contribution in [2.45, 2.75) is 32.4 Å². The fraction of sp³-hybridized carbons (Fsp3) is 0.241. The molecule has 180 valence electrons. The second-order valence-corrected chi connectivity index (χ2v) is 8.36. The summed E-state index contributed by atoms with van der Waals surface area (Å²) in [7, 11) is 1.59. The van der Waals surface area contributed by atoms with Crippen LogP contribution in [0.4, 0.5) is 0 Å². The molecule has 1 aliphatic heterocycles. The summed E-state index contributed by atoms with van der Waals surface area (Å²) >= 11 is 0. The van der Waals surface area contributed by atoms with E-state index in [4.69, 9.17) is 9.47 Å². The molecule has 1 heterocycles. The Morgan fingerprint density at radius 1 is 0.914 bits per heavy atom. The minimum absolute atomic E-state index is 0.142. The van der Waals surface area contributed by atoms with Gasteiger partial charge in [-0.25, -0.2) is 0 Å². The van der Waals surface area contributed by atoms with Crippen molar-refractivity contribution in [3.05, 3.63) is 107 Å². The summed E-state index contributed by atoms with van der Waals surface area (Å²) in [6.07, 6.45) is 0.722. The number of carbonyl (C=O) groups is 2. The molecule has 1 amide bonds. The van der Waals surface area contributed by atoms with E-state index in [1.807, 2.05) is 85.8 Å². The van der Waals surface area contributed by atoms with Crippen molar-refractivity contribution in [3.8, 4) is 11.5 Å². The van der Waals surface area contributed by atoms with Crippen LogP contribution in [-0.2, 0) is 22.6 Å². The van der Waals surface area contributed by atoms with Gasteiger partial charge in [-0.1, -0.05) is 54.6 Å². The Labute approximate surface area is 205 Å². The molecule has 1 aliphatic rings. The van der Waals surface area contributed by atoms with Crippen molar-refractivity contribution in [1.29, 1.82) is 0 Å². The zero-order chi connectivity index (χ0) is 24.8. The first kappa shape index (κ1) is 24.1. The number of benzene rings is 3.